The Hall–Kier alpha value is -2.90. The average molecular weight is 448 g/mol. The number of carbonyl (C=O) groups is 4. The molecular formula is C21H19Cl2N3O4. The Labute approximate surface area is 183 Å². The van der Waals surface area contributed by atoms with Gasteiger partial charge in [-0.3, -0.25) is 24.1 Å². The molecule has 0 aliphatic carbocycles. The molecule has 0 spiro atoms. The minimum absolute atomic E-state index is 0.155. The van der Waals surface area contributed by atoms with Crippen molar-refractivity contribution in [1.82, 2.24) is 9.80 Å². The Bertz CT molecular complexity index is 992. The largest absolute Gasteiger partial charge is 0.332 e. The fourth-order valence-corrected chi connectivity index (χ4v) is 3.31. The smallest absolute Gasteiger partial charge is 0.254 e. The van der Waals surface area contributed by atoms with Crippen molar-refractivity contribution in [2.75, 3.05) is 18.9 Å². The van der Waals surface area contributed by atoms with Gasteiger partial charge in [-0.1, -0.05) is 35.3 Å². The van der Waals surface area contributed by atoms with Gasteiger partial charge in [0.25, 0.3) is 5.91 Å². The van der Waals surface area contributed by atoms with Crippen LogP contribution in [0, 0.1) is 0 Å². The molecule has 0 radical (unpaired) electrons. The second-order valence-corrected chi connectivity index (χ2v) is 7.72. The lowest BCUT2D eigenvalue weighted by atomic mass is 10.1. The molecule has 30 heavy (non-hydrogen) atoms. The van der Waals surface area contributed by atoms with Crippen LogP contribution in [0.15, 0.2) is 42.5 Å². The Balaban J connectivity index is 1.57. The van der Waals surface area contributed by atoms with Crippen LogP contribution < -0.4 is 5.32 Å². The molecule has 1 N–H and O–H groups in total. The number of benzene rings is 2. The maximum atomic E-state index is 12.6. The summed E-state index contributed by atoms with van der Waals surface area (Å²) in [6.45, 7) is 0.0334. The number of amides is 4. The maximum absolute atomic E-state index is 12.6. The second kappa shape index (κ2) is 9.28. The molecule has 7 nitrogen and oxygen atoms in total. The molecule has 4 amide bonds. The monoisotopic (exact) mass is 447 g/mol. The Morgan fingerprint density at radius 3 is 2.23 bits per heavy atom. The van der Waals surface area contributed by atoms with Crippen molar-refractivity contribution in [1.29, 1.82) is 0 Å². The predicted octanol–water partition coefficient (Wildman–Crippen LogP) is 3.35. The first-order valence-corrected chi connectivity index (χ1v) is 9.92. The zero-order valence-corrected chi connectivity index (χ0v) is 17.7. The molecule has 0 bridgehead atoms. The Morgan fingerprint density at radius 1 is 1.00 bits per heavy atom. The molecule has 3 rings (SSSR count). The number of imide groups is 1. The van der Waals surface area contributed by atoms with Crippen LogP contribution >= 0.6 is 23.2 Å². The molecule has 1 saturated heterocycles. The molecule has 2 aromatic carbocycles. The standard InChI is InChI=1S/C21H19Cl2N3O4/c1-25(12-18(27)24-15-6-7-16(22)17(23)10-15)21(30)14-4-2-13(3-5-14)11-26-19(28)8-9-20(26)29/h2-7,10H,8-9,11-12H2,1H3,(H,24,27). The zero-order chi connectivity index (χ0) is 21.8. The number of halogens is 2. The first-order chi connectivity index (χ1) is 14.2. The van der Waals surface area contributed by atoms with Gasteiger partial charge in [0.05, 0.1) is 23.1 Å². The number of likely N-dealkylation sites (tertiary alicyclic amines) is 1. The highest BCUT2D eigenvalue weighted by Crippen LogP contribution is 2.25. The van der Waals surface area contributed by atoms with Crippen LogP contribution in [0.2, 0.25) is 10.0 Å². The van der Waals surface area contributed by atoms with E-state index in [4.69, 9.17) is 23.2 Å². The number of nitrogens with one attached hydrogen (secondary N) is 1. The molecule has 0 saturated carbocycles. The van der Waals surface area contributed by atoms with Crippen molar-refractivity contribution in [3.63, 3.8) is 0 Å². The second-order valence-electron chi connectivity index (χ2n) is 6.91. The van der Waals surface area contributed by atoms with E-state index in [0.717, 1.165) is 5.56 Å². The summed E-state index contributed by atoms with van der Waals surface area (Å²) in [6.07, 6.45) is 0.481. The highest BCUT2D eigenvalue weighted by molar-refractivity contribution is 6.42. The van der Waals surface area contributed by atoms with Gasteiger partial charge in [-0.25, -0.2) is 0 Å². The number of nitrogens with zero attached hydrogens (tertiary/aromatic N) is 2. The third kappa shape index (κ3) is 5.17. The number of rotatable bonds is 6. The van der Waals surface area contributed by atoms with E-state index in [1.807, 2.05) is 0 Å². The molecule has 1 heterocycles. The predicted molar refractivity (Wildman–Crippen MR) is 113 cm³/mol. The highest BCUT2D eigenvalue weighted by atomic mass is 35.5. The summed E-state index contributed by atoms with van der Waals surface area (Å²) >= 11 is 11.8. The maximum Gasteiger partial charge on any atom is 0.254 e. The van der Waals surface area contributed by atoms with E-state index in [2.05, 4.69) is 5.32 Å². The Kier molecular flexibility index (Phi) is 6.74. The van der Waals surface area contributed by atoms with Gasteiger partial charge in [-0.2, -0.15) is 0 Å². The van der Waals surface area contributed by atoms with Crippen molar-refractivity contribution in [2.24, 2.45) is 0 Å². The molecule has 1 aliphatic rings. The lowest BCUT2D eigenvalue weighted by Crippen LogP contribution is -2.35. The van der Waals surface area contributed by atoms with Gasteiger partial charge in [0.2, 0.25) is 17.7 Å². The zero-order valence-electron chi connectivity index (χ0n) is 16.2. The summed E-state index contributed by atoms with van der Waals surface area (Å²) in [6, 6.07) is 11.3. The van der Waals surface area contributed by atoms with Crippen molar-refractivity contribution in [3.05, 3.63) is 63.6 Å². The van der Waals surface area contributed by atoms with E-state index in [1.165, 1.54) is 22.9 Å². The molecule has 1 fully saturated rings. The van der Waals surface area contributed by atoms with E-state index < -0.39 is 0 Å². The third-order valence-electron chi connectivity index (χ3n) is 4.63. The number of hydrogen-bond acceptors (Lipinski definition) is 4. The summed E-state index contributed by atoms with van der Waals surface area (Å²) in [5.41, 5.74) is 1.61. The van der Waals surface area contributed by atoms with Crippen LogP contribution in [0.25, 0.3) is 0 Å². The van der Waals surface area contributed by atoms with Crippen LogP contribution in [0.1, 0.15) is 28.8 Å². The fraction of sp³-hybridized carbons (Fsp3) is 0.238. The normalized spacial score (nSPS) is 13.5. The van der Waals surface area contributed by atoms with Gasteiger partial charge in [0.1, 0.15) is 0 Å². The fourth-order valence-electron chi connectivity index (χ4n) is 3.02. The summed E-state index contributed by atoms with van der Waals surface area (Å²) in [5.74, 6) is -1.09. The minimum Gasteiger partial charge on any atom is -0.332 e. The lowest BCUT2D eigenvalue weighted by Gasteiger charge is -2.18. The molecule has 0 aromatic heterocycles. The van der Waals surface area contributed by atoms with Crippen molar-refractivity contribution >= 4 is 52.5 Å². The summed E-state index contributed by atoms with van der Waals surface area (Å²) in [7, 11) is 1.52. The average Bonchev–Trinajstić information content (AvgIpc) is 3.02. The van der Waals surface area contributed by atoms with Gasteiger partial charge in [-0.05, 0) is 35.9 Å². The van der Waals surface area contributed by atoms with Gasteiger partial charge < -0.3 is 10.2 Å². The van der Waals surface area contributed by atoms with E-state index in [-0.39, 0.29) is 49.6 Å². The number of anilines is 1. The third-order valence-corrected chi connectivity index (χ3v) is 5.37. The SMILES string of the molecule is CN(CC(=O)Nc1ccc(Cl)c(Cl)c1)C(=O)c1ccc(CN2C(=O)CCC2=O)cc1. The van der Waals surface area contributed by atoms with Gasteiger partial charge in [0.15, 0.2) is 0 Å². The van der Waals surface area contributed by atoms with Crippen LogP contribution in [-0.2, 0) is 20.9 Å². The van der Waals surface area contributed by atoms with Crippen molar-refractivity contribution in [3.8, 4) is 0 Å². The van der Waals surface area contributed by atoms with E-state index >= 15 is 0 Å². The van der Waals surface area contributed by atoms with Crippen LogP contribution in [0.3, 0.4) is 0 Å². The Morgan fingerprint density at radius 2 is 1.63 bits per heavy atom. The first-order valence-electron chi connectivity index (χ1n) is 9.17. The molecule has 9 heteroatoms. The minimum atomic E-state index is -0.382. The molecule has 1 aliphatic heterocycles. The van der Waals surface area contributed by atoms with Crippen LogP contribution in [0.5, 0.6) is 0 Å². The topological polar surface area (TPSA) is 86.8 Å². The highest BCUT2D eigenvalue weighted by Gasteiger charge is 2.28. The van der Waals surface area contributed by atoms with Gasteiger partial charge in [-0.15, -0.1) is 0 Å². The van der Waals surface area contributed by atoms with Gasteiger partial charge in [0, 0.05) is 31.1 Å². The van der Waals surface area contributed by atoms with E-state index in [0.29, 0.717) is 21.3 Å². The summed E-state index contributed by atoms with van der Waals surface area (Å²) < 4.78 is 0. The molecule has 2 aromatic rings. The molecule has 0 atom stereocenters. The molecular weight excluding hydrogens is 429 g/mol. The van der Waals surface area contributed by atoms with Gasteiger partial charge >= 0.3 is 0 Å². The molecule has 0 unspecified atom stereocenters. The van der Waals surface area contributed by atoms with E-state index in [9.17, 15) is 19.2 Å². The quantitative estimate of drug-likeness (QED) is 0.687. The van der Waals surface area contributed by atoms with E-state index in [1.54, 1.807) is 36.4 Å². The number of carbonyl (C=O) groups excluding carboxylic acids is 4. The van der Waals surface area contributed by atoms with Crippen LogP contribution in [0.4, 0.5) is 5.69 Å². The number of hydrogen-bond donors (Lipinski definition) is 1. The van der Waals surface area contributed by atoms with Crippen molar-refractivity contribution < 1.29 is 19.2 Å². The van der Waals surface area contributed by atoms with Crippen LogP contribution in [-0.4, -0.2) is 47.0 Å². The first kappa shape index (κ1) is 21.8. The lowest BCUT2D eigenvalue weighted by molar-refractivity contribution is -0.139. The molecule has 156 valence electrons. The summed E-state index contributed by atoms with van der Waals surface area (Å²) in [4.78, 5) is 50.7. The summed E-state index contributed by atoms with van der Waals surface area (Å²) in [5, 5.41) is 3.35. The van der Waals surface area contributed by atoms with Crippen molar-refractivity contribution in [2.45, 2.75) is 19.4 Å². The number of likely N-dealkylation sites (N-methyl/N-ethyl adjacent to an activating group) is 1.